The summed E-state index contributed by atoms with van der Waals surface area (Å²) in [5, 5.41) is 4.30. The molecule has 102 valence electrons. The zero-order valence-electron chi connectivity index (χ0n) is 11.5. The van der Waals surface area contributed by atoms with E-state index in [0.29, 0.717) is 12.1 Å². The summed E-state index contributed by atoms with van der Waals surface area (Å²) in [5.41, 5.74) is 0. The molecule has 1 saturated heterocycles. The molecule has 1 aromatic heterocycles. The second-order valence-corrected chi connectivity index (χ2v) is 5.98. The Morgan fingerprint density at radius 3 is 3.11 bits per heavy atom. The fourth-order valence-corrected chi connectivity index (χ4v) is 3.35. The van der Waals surface area contributed by atoms with Crippen molar-refractivity contribution in [1.29, 1.82) is 0 Å². The molecule has 0 radical (unpaired) electrons. The first-order valence-electron chi connectivity index (χ1n) is 6.68. The van der Waals surface area contributed by atoms with Crippen molar-refractivity contribution in [2.24, 2.45) is 0 Å². The van der Waals surface area contributed by atoms with Crippen molar-refractivity contribution in [1.82, 2.24) is 9.88 Å². The summed E-state index contributed by atoms with van der Waals surface area (Å²) in [6.45, 7) is 7.45. The number of rotatable bonds is 5. The minimum atomic E-state index is 0.440. The standard InChI is InChI=1S/C13H23N3OS/c1-4-14-13-15-8-12(18-13)9-16-6-5-11(17-3)7-10(16)2/h8,10-11H,4-7,9H2,1-3H3,(H,14,15). The molecule has 0 amide bonds. The molecule has 5 heteroatoms. The second kappa shape index (κ2) is 6.50. The third kappa shape index (κ3) is 3.43. The Bertz CT molecular complexity index is 369. The van der Waals surface area contributed by atoms with Gasteiger partial charge < -0.3 is 10.1 Å². The number of nitrogens with one attached hydrogen (secondary N) is 1. The Labute approximate surface area is 113 Å². The quantitative estimate of drug-likeness (QED) is 0.891. The minimum absolute atomic E-state index is 0.440. The highest BCUT2D eigenvalue weighted by atomic mass is 32.1. The first kappa shape index (κ1) is 13.8. The van der Waals surface area contributed by atoms with Crippen LogP contribution in [0.2, 0.25) is 0 Å². The maximum Gasteiger partial charge on any atom is 0.182 e. The Kier molecular flexibility index (Phi) is 4.97. The van der Waals surface area contributed by atoms with Crippen LogP contribution in [0.4, 0.5) is 5.13 Å². The molecule has 2 rings (SSSR count). The lowest BCUT2D eigenvalue weighted by molar-refractivity contribution is 0.0133. The predicted molar refractivity (Wildman–Crippen MR) is 76.2 cm³/mol. The first-order chi connectivity index (χ1) is 8.72. The molecule has 1 aromatic rings. The van der Waals surface area contributed by atoms with Crippen molar-refractivity contribution >= 4 is 16.5 Å². The summed E-state index contributed by atoms with van der Waals surface area (Å²) in [6.07, 6.45) is 4.71. The van der Waals surface area contributed by atoms with Crippen LogP contribution >= 0.6 is 11.3 Å². The van der Waals surface area contributed by atoms with Crippen molar-refractivity contribution in [3.63, 3.8) is 0 Å². The summed E-state index contributed by atoms with van der Waals surface area (Å²) in [5.74, 6) is 0. The van der Waals surface area contributed by atoms with Gasteiger partial charge in [0.2, 0.25) is 0 Å². The van der Waals surface area contributed by atoms with Crippen LogP contribution in [-0.4, -0.2) is 42.2 Å². The lowest BCUT2D eigenvalue weighted by Gasteiger charge is -2.36. The number of methoxy groups -OCH3 is 1. The van der Waals surface area contributed by atoms with E-state index in [2.05, 4.69) is 29.0 Å². The van der Waals surface area contributed by atoms with E-state index in [1.165, 1.54) is 4.88 Å². The highest BCUT2D eigenvalue weighted by Crippen LogP contribution is 2.25. The molecule has 2 atom stereocenters. The molecule has 4 nitrogen and oxygen atoms in total. The minimum Gasteiger partial charge on any atom is -0.381 e. The number of hydrogen-bond acceptors (Lipinski definition) is 5. The number of aromatic nitrogens is 1. The van der Waals surface area contributed by atoms with Gasteiger partial charge in [0, 0.05) is 43.9 Å². The summed E-state index contributed by atoms with van der Waals surface area (Å²) in [6, 6.07) is 0.591. The van der Waals surface area contributed by atoms with Gasteiger partial charge in [-0.1, -0.05) is 0 Å². The van der Waals surface area contributed by atoms with Gasteiger partial charge >= 0.3 is 0 Å². The molecule has 1 aliphatic heterocycles. The Hall–Kier alpha value is -0.650. The monoisotopic (exact) mass is 269 g/mol. The van der Waals surface area contributed by atoms with E-state index >= 15 is 0 Å². The van der Waals surface area contributed by atoms with Crippen LogP contribution in [-0.2, 0) is 11.3 Å². The van der Waals surface area contributed by atoms with Gasteiger partial charge in [-0.2, -0.15) is 0 Å². The van der Waals surface area contributed by atoms with E-state index in [4.69, 9.17) is 4.74 Å². The molecule has 1 aliphatic rings. The van der Waals surface area contributed by atoms with Crippen molar-refractivity contribution in [2.45, 2.75) is 45.4 Å². The van der Waals surface area contributed by atoms with E-state index in [-0.39, 0.29) is 0 Å². The van der Waals surface area contributed by atoms with Gasteiger partial charge in [0.25, 0.3) is 0 Å². The molecule has 18 heavy (non-hydrogen) atoms. The summed E-state index contributed by atoms with van der Waals surface area (Å²) in [7, 11) is 1.82. The van der Waals surface area contributed by atoms with Gasteiger partial charge in [-0.25, -0.2) is 4.98 Å². The Balaban J connectivity index is 1.88. The molecule has 0 aromatic carbocycles. The summed E-state index contributed by atoms with van der Waals surface area (Å²) in [4.78, 5) is 8.25. The van der Waals surface area contributed by atoms with Gasteiger partial charge in [0.1, 0.15) is 0 Å². The van der Waals surface area contributed by atoms with Gasteiger partial charge in [0.05, 0.1) is 6.10 Å². The van der Waals surface area contributed by atoms with Gasteiger partial charge in [-0.05, 0) is 26.7 Å². The topological polar surface area (TPSA) is 37.4 Å². The molecular weight excluding hydrogens is 246 g/mol. The average molecular weight is 269 g/mol. The van der Waals surface area contributed by atoms with E-state index < -0.39 is 0 Å². The number of ether oxygens (including phenoxy) is 1. The largest absolute Gasteiger partial charge is 0.381 e. The fraction of sp³-hybridized carbons (Fsp3) is 0.769. The number of likely N-dealkylation sites (tertiary alicyclic amines) is 1. The normalized spacial score (nSPS) is 25.3. The molecule has 1 fully saturated rings. The van der Waals surface area contributed by atoms with Crippen molar-refractivity contribution in [2.75, 3.05) is 25.5 Å². The van der Waals surface area contributed by atoms with Crippen LogP contribution in [0, 0.1) is 0 Å². The summed E-state index contributed by atoms with van der Waals surface area (Å²) >= 11 is 1.76. The van der Waals surface area contributed by atoms with Gasteiger partial charge in [0.15, 0.2) is 5.13 Å². The zero-order valence-corrected chi connectivity index (χ0v) is 12.3. The van der Waals surface area contributed by atoms with Crippen molar-refractivity contribution in [3.8, 4) is 0 Å². The highest BCUT2D eigenvalue weighted by Gasteiger charge is 2.25. The van der Waals surface area contributed by atoms with E-state index in [9.17, 15) is 0 Å². The van der Waals surface area contributed by atoms with Crippen LogP contribution < -0.4 is 5.32 Å². The molecule has 0 spiro atoms. The van der Waals surface area contributed by atoms with E-state index in [1.807, 2.05) is 13.3 Å². The van der Waals surface area contributed by atoms with E-state index in [1.54, 1.807) is 11.3 Å². The molecular formula is C13H23N3OS. The lowest BCUT2D eigenvalue weighted by atomic mass is 10.0. The third-order valence-corrected chi connectivity index (χ3v) is 4.48. The maximum atomic E-state index is 5.45. The fourth-order valence-electron chi connectivity index (χ4n) is 2.44. The zero-order chi connectivity index (χ0) is 13.0. The molecule has 0 saturated carbocycles. The predicted octanol–water partition coefficient (Wildman–Crippen LogP) is 2.57. The van der Waals surface area contributed by atoms with Crippen LogP contribution in [0.1, 0.15) is 31.6 Å². The molecule has 0 aliphatic carbocycles. The number of hydrogen-bond donors (Lipinski definition) is 1. The molecule has 2 unspecified atom stereocenters. The molecule has 2 heterocycles. The molecule has 0 bridgehead atoms. The molecule has 1 N–H and O–H groups in total. The first-order valence-corrected chi connectivity index (χ1v) is 7.50. The highest BCUT2D eigenvalue weighted by molar-refractivity contribution is 7.15. The number of piperidine rings is 1. The number of anilines is 1. The van der Waals surface area contributed by atoms with E-state index in [0.717, 1.165) is 37.6 Å². The van der Waals surface area contributed by atoms with Crippen molar-refractivity contribution < 1.29 is 4.74 Å². The maximum absolute atomic E-state index is 5.45. The van der Waals surface area contributed by atoms with Crippen LogP contribution in [0.5, 0.6) is 0 Å². The van der Waals surface area contributed by atoms with Gasteiger partial charge in [-0.3, -0.25) is 4.90 Å². The van der Waals surface area contributed by atoms with Crippen LogP contribution in [0.15, 0.2) is 6.20 Å². The Morgan fingerprint density at radius 2 is 2.44 bits per heavy atom. The number of nitrogens with zero attached hydrogens (tertiary/aromatic N) is 2. The second-order valence-electron chi connectivity index (χ2n) is 4.86. The third-order valence-electron chi connectivity index (χ3n) is 3.54. The SMILES string of the molecule is CCNc1ncc(CN2CCC(OC)CC2C)s1. The van der Waals surface area contributed by atoms with Crippen LogP contribution in [0.3, 0.4) is 0 Å². The number of thiazole rings is 1. The van der Waals surface area contributed by atoms with Crippen LogP contribution in [0.25, 0.3) is 0 Å². The Morgan fingerprint density at radius 1 is 1.61 bits per heavy atom. The summed E-state index contributed by atoms with van der Waals surface area (Å²) < 4.78 is 5.45. The smallest absolute Gasteiger partial charge is 0.182 e. The van der Waals surface area contributed by atoms with Crippen molar-refractivity contribution in [3.05, 3.63) is 11.1 Å². The van der Waals surface area contributed by atoms with Gasteiger partial charge in [-0.15, -0.1) is 11.3 Å². The lowest BCUT2D eigenvalue weighted by Crippen LogP contribution is -2.42. The average Bonchev–Trinajstić information content (AvgIpc) is 2.80.